The number of aromatic amines is 1. The minimum Gasteiger partial charge on any atom is -0.253 e. The molecule has 7 rings (SSSR count). The lowest BCUT2D eigenvalue weighted by atomic mass is 9.82. The minimum absolute atomic E-state index is 0.285. The molecule has 32 heavy (non-hydrogen) atoms. The Hall–Kier alpha value is -4.25. The second kappa shape index (κ2) is 6.14. The molecule has 0 bridgehead atoms. The van der Waals surface area contributed by atoms with Gasteiger partial charge in [0.05, 0.1) is 16.3 Å². The van der Waals surface area contributed by atoms with E-state index in [1.807, 2.05) is 48.8 Å². The van der Waals surface area contributed by atoms with Crippen LogP contribution in [0.5, 0.6) is 0 Å². The van der Waals surface area contributed by atoms with E-state index in [0.717, 1.165) is 49.5 Å². The highest BCUT2D eigenvalue weighted by atomic mass is 19.1. The molecule has 150 valence electrons. The molecule has 0 aliphatic carbocycles. The zero-order valence-electron chi connectivity index (χ0n) is 17.0. The summed E-state index contributed by atoms with van der Waals surface area (Å²) in [4.78, 5) is 12.8. The van der Waals surface area contributed by atoms with Crippen LogP contribution in [0.4, 0.5) is 4.39 Å². The van der Waals surface area contributed by atoms with Crippen molar-refractivity contribution in [3.05, 3.63) is 120 Å². The van der Waals surface area contributed by atoms with Crippen LogP contribution in [0.1, 0.15) is 17.0 Å². The molecule has 6 aromatic rings. The van der Waals surface area contributed by atoms with Crippen LogP contribution in [0, 0.1) is 5.82 Å². The van der Waals surface area contributed by atoms with E-state index >= 15 is 0 Å². The van der Waals surface area contributed by atoms with Gasteiger partial charge in [-0.1, -0.05) is 30.3 Å². The number of aromatic nitrogens is 4. The number of H-pyrrole nitrogens is 1. The number of hydrogen-bond acceptors (Lipinski definition) is 2. The molecule has 0 atom stereocenters. The average Bonchev–Trinajstić information content (AvgIpc) is 3.16. The fourth-order valence-electron chi connectivity index (χ4n) is 5.42. The predicted octanol–water partition coefficient (Wildman–Crippen LogP) is 4.33. The molecule has 0 radical (unpaired) electrons. The van der Waals surface area contributed by atoms with Crippen molar-refractivity contribution in [2.75, 3.05) is 0 Å². The molecule has 0 spiro atoms. The smallest absolute Gasteiger partial charge is 0.253 e. The molecule has 1 aliphatic rings. The summed E-state index contributed by atoms with van der Waals surface area (Å²) in [5.41, 5.74) is 4.13. The van der Waals surface area contributed by atoms with Gasteiger partial charge >= 0.3 is 0 Å². The predicted molar refractivity (Wildman–Crippen MR) is 119 cm³/mol. The Morgan fingerprint density at radius 3 is 2.25 bits per heavy atom. The zero-order valence-corrected chi connectivity index (χ0v) is 17.0. The monoisotopic (exact) mass is 416 g/mol. The van der Waals surface area contributed by atoms with Crippen LogP contribution in [-0.4, -0.2) is 9.97 Å². The molecule has 0 saturated carbocycles. The molecule has 1 N–H and O–H groups in total. The Morgan fingerprint density at radius 1 is 0.781 bits per heavy atom. The summed E-state index contributed by atoms with van der Waals surface area (Å²) < 4.78 is 16.6. The maximum Gasteiger partial charge on any atom is 0.278 e. The van der Waals surface area contributed by atoms with E-state index in [4.69, 9.17) is 9.97 Å². The number of pyridine rings is 4. The number of fused-ring (bicyclic) bond motifs is 3. The van der Waals surface area contributed by atoms with Gasteiger partial charge in [-0.3, -0.25) is 9.97 Å². The molecule has 0 unspecified atom stereocenters. The molecule has 0 fully saturated rings. The highest BCUT2D eigenvalue weighted by Gasteiger charge is 2.55. The van der Waals surface area contributed by atoms with Crippen molar-refractivity contribution in [3.63, 3.8) is 0 Å². The molecule has 5 heteroatoms. The molecular formula is C27H17FN4+2. The van der Waals surface area contributed by atoms with Gasteiger partial charge in [-0.15, -0.1) is 0 Å². The van der Waals surface area contributed by atoms with Gasteiger partial charge < -0.3 is 0 Å². The number of benzene rings is 2. The van der Waals surface area contributed by atoms with Crippen LogP contribution in [0.15, 0.2) is 97.6 Å². The highest BCUT2D eigenvalue weighted by molar-refractivity contribution is 6.22. The maximum atomic E-state index is 14.3. The quantitative estimate of drug-likeness (QED) is 0.311. The Bertz CT molecular complexity index is 1640. The van der Waals surface area contributed by atoms with Crippen LogP contribution in [-0.2, 0) is 5.54 Å². The second-order valence-electron chi connectivity index (χ2n) is 8.12. The third-order valence-electron chi connectivity index (χ3n) is 6.58. The number of hydrogen-bond donors (Lipinski definition) is 0. The van der Waals surface area contributed by atoms with E-state index in [-0.39, 0.29) is 5.82 Å². The second-order valence-corrected chi connectivity index (χ2v) is 8.12. The van der Waals surface area contributed by atoms with E-state index in [2.05, 4.69) is 46.1 Å². The molecule has 0 amide bonds. The fraction of sp³-hybridized carbons (Fsp3) is 0.0370. The summed E-state index contributed by atoms with van der Waals surface area (Å²) >= 11 is 0. The number of rotatable bonds is 2. The highest BCUT2D eigenvalue weighted by Crippen LogP contribution is 2.46. The SMILES string of the molecule is Fc1c[nH+]c2c(c1)c1cccc3c1c1c2ccc[n+]1C3(c1ccccn1)c1ccccn1. The normalized spacial score (nSPS) is 14.0. The van der Waals surface area contributed by atoms with Crippen LogP contribution >= 0.6 is 0 Å². The van der Waals surface area contributed by atoms with Crippen LogP contribution in [0.25, 0.3) is 32.6 Å². The van der Waals surface area contributed by atoms with Crippen molar-refractivity contribution < 1.29 is 13.9 Å². The first-order valence-electron chi connectivity index (χ1n) is 10.5. The summed E-state index contributed by atoms with van der Waals surface area (Å²) in [5, 5.41) is 4.02. The number of nitrogens with zero attached hydrogens (tertiary/aromatic N) is 3. The largest absolute Gasteiger partial charge is 0.278 e. The number of nitrogens with one attached hydrogen (secondary N) is 1. The topological polar surface area (TPSA) is 43.8 Å². The first kappa shape index (κ1) is 17.4. The third-order valence-corrected chi connectivity index (χ3v) is 6.58. The van der Waals surface area contributed by atoms with Crippen molar-refractivity contribution in [2.45, 2.75) is 5.54 Å². The van der Waals surface area contributed by atoms with Gasteiger partial charge in [-0.25, -0.2) is 9.37 Å². The van der Waals surface area contributed by atoms with Crippen molar-refractivity contribution in [2.24, 2.45) is 0 Å². The Morgan fingerprint density at radius 2 is 1.53 bits per heavy atom. The summed E-state index contributed by atoms with van der Waals surface area (Å²) in [6.45, 7) is 0. The van der Waals surface area contributed by atoms with Gasteiger partial charge in [-0.2, -0.15) is 4.57 Å². The lowest BCUT2D eigenvalue weighted by Crippen LogP contribution is -2.57. The van der Waals surface area contributed by atoms with Gasteiger partial charge in [0.1, 0.15) is 16.8 Å². The standard InChI is InChI=1S/C27H16FN4/c28-17-15-20-18-7-5-9-21-24(18)26-19(25(20)31-16-17)8-6-14-32(26)27(21,22-10-1-3-12-29-22)23-11-2-4-13-30-23/h1-16H/q+1/p+1. The Balaban J connectivity index is 1.79. The number of halogens is 1. The van der Waals surface area contributed by atoms with Gasteiger partial charge in [0.15, 0.2) is 12.0 Å². The summed E-state index contributed by atoms with van der Waals surface area (Å²) in [6.07, 6.45) is 7.16. The van der Waals surface area contributed by atoms with E-state index in [9.17, 15) is 4.39 Å². The Kier molecular flexibility index (Phi) is 3.34. The molecular weight excluding hydrogens is 399 g/mol. The molecule has 4 aromatic heterocycles. The Labute approximate surface area is 182 Å². The average molecular weight is 416 g/mol. The van der Waals surface area contributed by atoms with Gasteiger partial charge in [0.2, 0.25) is 17.2 Å². The maximum absolute atomic E-state index is 14.3. The summed E-state index contributed by atoms with van der Waals surface area (Å²) in [5.74, 6) is -0.285. The lowest BCUT2D eigenvalue weighted by Gasteiger charge is -2.25. The molecule has 2 aromatic carbocycles. The summed E-state index contributed by atoms with van der Waals surface area (Å²) in [7, 11) is 0. The first-order valence-corrected chi connectivity index (χ1v) is 10.5. The minimum atomic E-state index is -0.736. The van der Waals surface area contributed by atoms with Crippen molar-refractivity contribution >= 4 is 32.6 Å². The van der Waals surface area contributed by atoms with Crippen LogP contribution in [0.2, 0.25) is 0 Å². The summed E-state index contributed by atoms with van der Waals surface area (Å²) in [6, 6.07) is 24.0. The molecule has 5 heterocycles. The van der Waals surface area contributed by atoms with Gasteiger partial charge in [-0.05, 0) is 36.4 Å². The van der Waals surface area contributed by atoms with Crippen molar-refractivity contribution in [1.29, 1.82) is 0 Å². The van der Waals surface area contributed by atoms with E-state index in [1.165, 1.54) is 6.20 Å². The lowest BCUT2D eigenvalue weighted by molar-refractivity contribution is -0.706. The molecule has 0 saturated heterocycles. The fourth-order valence-corrected chi connectivity index (χ4v) is 5.42. The molecule has 1 aliphatic heterocycles. The van der Waals surface area contributed by atoms with E-state index < -0.39 is 5.54 Å². The van der Waals surface area contributed by atoms with Crippen molar-refractivity contribution in [1.82, 2.24) is 9.97 Å². The molecule has 4 nitrogen and oxygen atoms in total. The first-order chi connectivity index (χ1) is 15.8. The van der Waals surface area contributed by atoms with Crippen molar-refractivity contribution in [3.8, 4) is 0 Å². The van der Waals surface area contributed by atoms with Gasteiger partial charge in [0, 0.05) is 23.8 Å². The zero-order chi connectivity index (χ0) is 21.3. The van der Waals surface area contributed by atoms with E-state index in [1.54, 1.807) is 6.07 Å². The third kappa shape index (κ3) is 2.00. The van der Waals surface area contributed by atoms with Gasteiger partial charge in [0.25, 0.3) is 5.54 Å². The van der Waals surface area contributed by atoms with Crippen LogP contribution < -0.4 is 9.55 Å². The van der Waals surface area contributed by atoms with E-state index in [0.29, 0.717) is 0 Å². The van der Waals surface area contributed by atoms with Crippen LogP contribution in [0.3, 0.4) is 0 Å².